The minimum absolute atomic E-state index is 0.0417. The third-order valence-electron chi connectivity index (χ3n) is 3.03. The van der Waals surface area contributed by atoms with Crippen LogP contribution in [0.3, 0.4) is 0 Å². The van der Waals surface area contributed by atoms with Gasteiger partial charge < -0.3 is 9.57 Å². The van der Waals surface area contributed by atoms with E-state index in [0.717, 1.165) is 18.7 Å². The SMILES string of the molecule is CCCOCc1cc(C(F)(F)F)cnc1/C(=N\OCC)n1cncn1. The molecule has 0 aliphatic heterocycles. The molecule has 7 nitrogen and oxygen atoms in total. The van der Waals surface area contributed by atoms with Gasteiger partial charge in [-0.2, -0.15) is 23.0 Å². The van der Waals surface area contributed by atoms with Gasteiger partial charge in [-0.1, -0.05) is 12.1 Å². The zero-order valence-electron chi connectivity index (χ0n) is 13.8. The number of rotatable bonds is 7. The second-order valence-electron chi connectivity index (χ2n) is 4.95. The van der Waals surface area contributed by atoms with Gasteiger partial charge in [-0.25, -0.2) is 4.98 Å². The fourth-order valence-electron chi connectivity index (χ4n) is 1.94. The summed E-state index contributed by atoms with van der Waals surface area (Å²) in [6.45, 7) is 4.29. The molecular formula is C15H18F3N5O2. The zero-order valence-corrected chi connectivity index (χ0v) is 13.8. The lowest BCUT2D eigenvalue weighted by Crippen LogP contribution is -2.20. The molecule has 0 unspecified atom stereocenters. The highest BCUT2D eigenvalue weighted by Gasteiger charge is 2.32. The summed E-state index contributed by atoms with van der Waals surface area (Å²) in [6.07, 6.45) is -0.385. The molecule has 0 fully saturated rings. The highest BCUT2D eigenvalue weighted by Crippen LogP contribution is 2.30. The predicted octanol–water partition coefficient (Wildman–Crippen LogP) is 2.86. The quantitative estimate of drug-likeness (QED) is 0.330. The van der Waals surface area contributed by atoms with Crippen LogP contribution in [-0.4, -0.2) is 38.8 Å². The van der Waals surface area contributed by atoms with Crippen molar-refractivity contribution in [3.05, 3.63) is 41.7 Å². The lowest BCUT2D eigenvalue weighted by Gasteiger charge is -2.14. The van der Waals surface area contributed by atoms with Crippen LogP contribution < -0.4 is 0 Å². The standard InChI is InChI=1S/C15H18F3N5O2/c1-3-5-24-8-11-6-12(15(16,17)18)7-20-13(11)14(22-25-4-2)23-10-19-9-21-23/h6-7,9-10H,3-5,8H2,1-2H3/b22-14+. The summed E-state index contributed by atoms with van der Waals surface area (Å²) in [7, 11) is 0. The monoisotopic (exact) mass is 357 g/mol. The van der Waals surface area contributed by atoms with Crippen molar-refractivity contribution in [2.24, 2.45) is 5.16 Å². The fraction of sp³-hybridized carbons (Fsp3) is 0.467. The van der Waals surface area contributed by atoms with Crippen molar-refractivity contribution >= 4 is 5.84 Å². The highest BCUT2D eigenvalue weighted by molar-refractivity contribution is 5.98. The van der Waals surface area contributed by atoms with E-state index < -0.39 is 11.7 Å². The average molecular weight is 357 g/mol. The second kappa shape index (κ2) is 8.56. The Labute approximate surface area is 142 Å². The molecule has 136 valence electrons. The molecule has 2 aromatic heterocycles. The number of hydrogen-bond donors (Lipinski definition) is 0. The van der Waals surface area contributed by atoms with E-state index in [1.165, 1.54) is 17.3 Å². The van der Waals surface area contributed by atoms with Crippen LogP contribution in [0.5, 0.6) is 0 Å². The zero-order chi connectivity index (χ0) is 18.3. The van der Waals surface area contributed by atoms with Crippen molar-refractivity contribution in [1.82, 2.24) is 19.7 Å². The number of ether oxygens (including phenoxy) is 1. The van der Waals surface area contributed by atoms with Gasteiger partial charge in [0.05, 0.1) is 12.2 Å². The molecule has 0 saturated carbocycles. The molecule has 10 heteroatoms. The van der Waals surface area contributed by atoms with Crippen LogP contribution >= 0.6 is 0 Å². The highest BCUT2D eigenvalue weighted by atomic mass is 19.4. The number of nitrogens with zero attached hydrogens (tertiary/aromatic N) is 5. The number of aromatic nitrogens is 4. The van der Waals surface area contributed by atoms with Crippen molar-refractivity contribution in [1.29, 1.82) is 0 Å². The van der Waals surface area contributed by atoms with Crippen molar-refractivity contribution in [3.8, 4) is 0 Å². The lowest BCUT2D eigenvalue weighted by atomic mass is 10.1. The first kappa shape index (κ1) is 18.8. The first-order valence-electron chi connectivity index (χ1n) is 7.66. The summed E-state index contributed by atoms with van der Waals surface area (Å²) in [5.74, 6) is 0.128. The van der Waals surface area contributed by atoms with Crippen molar-refractivity contribution in [2.45, 2.75) is 33.1 Å². The van der Waals surface area contributed by atoms with Crippen LogP contribution in [0.2, 0.25) is 0 Å². The van der Waals surface area contributed by atoms with Crippen LogP contribution in [-0.2, 0) is 22.4 Å². The summed E-state index contributed by atoms with van der Waals surface area (Å²) < 4.78 is 45.7. The molecule has 25 heavy (non-hydrogen) atoms. The van der Waals surface area contributed by atoms with E-state index in [1.807, 2.05) is 6.92 Å². The minimum atomic E-state index is -4.50. The molecule has 0 aliphatic rings. The summed E-state index contributed by atoms with van der Waals surface area (Å²) in [5.41, 5.74) is -0.444. The van der Waals surface area contributed by atoms with E-state index in [0.29, 0.717) is 6.61 Å². The maximum atomic E-state index is 13.0. The van der Waals surface area contributed by atoms with Crippen LogP contribution in [0.25, 0.3) is 0 Å². The predicted molar refractivity (Wildman–Crippen MR) is 82.8 cm³/mol. The normalized spacial score (nSPS) is 12.4. The minimum Gasteiger partial charge on any atom is -0.394 e. The largest absolute Gasteiger partial charge is 0.417 e. The summed E-state index contributed by atoms with van der Waals surface area (Å²) in [6, 6.07) is 0.996. The van der Waals surface area contributed by atoms with Crippen LogP contribution in [0, 0.1) is 0 Å². The smallest absolute Gasteiger partial charge is 0.394 e. The van der Waals surface area contributed by atoms with Gasteiger partial charge in [0.2, 0.25) is 5.84 Å². The van der Waals surface area contributed by atoms with Crippen molar-refractivity contribution in [2.75, 3.05) is 13.2 Å². The second-order valence-corrected chi connectivity index (χ2v) is 4.95. The number of halogens is 3. The van der Waals surface area contributed by atoms with Gasteiger partial charge in [0, 0.05) is 18.4 Å². The molecule has 0 amide bonds. The Bertz CT molecular complexity index is 702. The van der Waals surface area contributed by atoms with E-state index in [-0.39, 0.29) is 30.3 Å². The Kier molecular flexibility index (Phi) is 6.45. The molecule has 0 atom stereocenters. The van der Waals surface area contributed by atoms with E-state index in [1.54, 1.807) is 6.92 Å². The van der Waals surface area contributed by atoms with Gasteiger partial charge in [0.1, 0.15) is 25.0 Å². The Hall–Kier alpha value is -2.49. The van der Waals surface area contributed by atoms with Crippen LogP contribution in [0.4, 0.5) is 13.2 Å². The van der Waals surface area contributed by atoms with Crippen molar-refractivity contribution < 1.29 is 22.7 Å². The Balaban J connectivity index is 2.48. The Morgan fingerprint density at radius 1 is 1.32 bits per heavy atom. The molecule has 0 N–H and O–H groups in total. The average Bonchev–Trinajstić information content (AvgIpc) is 3.10. The molecule has 0 radical (unpaired) electrons. The van der Waals surface area contributed by atoms with Gasteiger partial charge in [-0.3, -0.25) is 4.98 Å². The molecule has 0 aliphatic carbocycles. The summed E-state index contributed by atoms with van der Waals surface area (Å²) in [5, 5.41) is 7.86. The third-order valence-corrected chi connectivity index (χ3v) is 3.03. The third kappa shape index (κ3) is 4.99. The molecule has 2 aromatic rings. The Morgan fingerprint density at radius 2 is 2.12 bits per heavy atom. The summed E-state index contributed by atoms with van der Waals surface area (Å²) >= 11 is 0. The summed E-state index contributed by atoms with van der Waals surface area (Å²) in [4.78, 5) is 12.8. The first-order valence-corrected chi connectivity index (χ1v) is 7.66. The van der Waals surface area contributed by atoms with E-state index in [4.69, 9.17) is 9.57 Å². The molecule has 0 spiro atoms. The molecule has 0 bridgehead atoms. The van der Waals surface area contributed by atoms with Crippen LogP contribution in [0.15, 0.2) is 30.1 Å². The van der Waals surface area contributed by atoms with E-state index in [2.05, 4.69) is 20.2 Å². The van der Waals surface area contributed by atoms with Gasteiger partial charge in [0.15, 0.2) is 0 Å². The number of alkyl halides is 3. The van der Waals surface area contributed by atoms with E-state index in [9.17, 15) is 13.2 Å². The Morgan fingerprint density at radius 3 is 2.72 bits per heavy atom. The number of oxime groups is 1. The van der Waals surface area contributed by atoms with Gasteiger partial charge >= 0.3 is 6.18 Å². The molecule has 0 aromatic carbocycles. The fourth-order valence-corrected chi connectivity index (χ4v) is 1.94. The molecular weight excluding hydrogens is 339 g/mol. The maximum absolute atomic E-state index is 13.0. The van der Waals surface area contributed by atoms with Crippen LogP contribution in [0.1, 0.15) is 37.1 Å². The topological polar surface area (TPSA) is 74.4 Å². The number of pyridine rings is 1. The van der Waals surface area contributed by atoms with E-state index >= 15 is 0 Å². The van der Waals surface area contributed by atoms with Gasteiger partial charge in [-0.15, -0.1) is 0 Å². The maximum Gasteiger partial charge on any atom is 0.417 e. The first-order chi connectivity index (χ1) is 12.0. The number of hydrogen-bond acceptors (Lipinski definition) is 6. The van der Waals surface area contributed by atoms with Crippen molar-refractivity contribution in [3.63, 3.8) is 0 Å². The molecule has 2 rings (SSSR count). The van der Waals surface area contributed by atoms with Gasteiger partial charge in [0.25, 0.3) is 0 Å². The van der Waals surface area contributed by atoms with Gasteiger partial charge in [-0.05, 0) is 19.4 Å². The lowest BCUT2D eigenvalue weighted by molar-refractivity contribution is -0.137. The molecule has 2 heterocycles. The molecule has 0 saturated heterocycles.